The Labute approximate surface area is 219 Å². The Bertz CT molecular complexity index is 1270. The summed E-state index contributed by atoms with van der Waals surface area (Å²) >= 11 is 0. The van der Waals surface area contributed by atoms with E-state index >= 15 is 0 Å². The first-order chi connectivity index (χ1) is 18.3. The Hall–Kier alpha value is -3.37. The average Bonchev–Trinajstić information content (AvgIpc) is 2.93. The number of morpholine rings is 1. The summed E-state index contributed by atoms with van der Waals surface area (Å²) in [4.78, 5) is 23.3. The van der Waals surface area contributed by atoms with E-state index in [1.54, 1.807) is 6.07 Å². The molecule has 2 saturated heterocycles. The molecule has 2 aliphatic heterocycles. The lowest BCUT2D eigenvalue weighted by Gasteiger charge is -2.43. The van der Waals surface area contributed by atoms with Crippen molar-refractivity contribution in [2.24, 2.45) is 0 Å². The van der Waals surface area contributed by atoms with Gasteiger partial charge in [-0.2, -0.15) is 13.2 Å². The number of amides is 1. The summed E-state index contributed by atoms with van der Waals surface area (Å²) in [6.45, 7) is 4.54. The van der Waals surface area contributed by atoms with Crippen LogP contribution < -0.4 is 9.64 Å². The molecule has 202 valence electrons. The van der Waals surface area contributed by atoms with Crippen LogP contribution in [0.3, 0.4) is 0 Å². The molecule has 2 fully saturated rings. The molecule has 2 aliphatic rings. The van der Waals surface area contributed by atoms with Gasteiger partial charge in [-0.15, -0.1) is 0 Å². The predicted molar refractivity (Wildman–Crippen MR) is 138 cm³/mol. The zero-order chi connectivity index (χ0) is 26.7. The summed E-state index contributed by atoms with van der Waals surface area (Å²) in [5.74, 6) is 0.393. The standard InChI is InChI=1S/C28H31F3N4O3/c1-37-24-9-8-23(22-7-10-25(28(29,30)31)32-27(22)24)35-12-11-34(19-26(36)33-13-15-38-16-14-33)21(18-35)17-20-5-3-2-4-6-20/h2-10,21H,11-19H2,1H3. The number of methoxy groups -OCH3 is 1. The van der Waals surface area contributed by atoms with E-state index < -0.39 is 11.9 Å². The Morgan fingerprint density at radius 1 is 1.03 bits per heavy atom. The van der Waals surface area contributed by atoms with Crippen LogP contribution in [0.2, 0.25) is 0 Å². The second-order valence-corrected chi connectivity index (χ2v) is 9.63. The maximum atomic E-state index is 13.4. The number of anilines is 1. The molecular weight excluding hydrogens is 497 g/mol. The molecule has 5 rings (SSSR count). The molecule has 1 amide bonds. The first kappa shape index (κ1) is 26.2. The highest BCUT2D eigenvalue weighted by Gasteiger charge is 2.34. The van der Waals surface area contributed by atoms with Gasteiger partial charge in [-0.1, -0.05) is 30.3 Å². The smallest absolute Gasteiger partial charge is 0.433 e. The third-order valence-corrected chi connectivity index (χ3v) is 7.27. The molecule has 2 aromatic carbocycles. The number of alkyl halides is 3. The van der Waals surface area contributed by atoms with Gasteiger partial charge >= 0.3 is 6.18 Å². The minimum Gasteiger partial charge on any atom is -0.494 e. The van der Waals surface area contributed by atoms with Gasteiger partial charge in [-0.05, 0) is 36.2 Å². The molecule has 0 bridgehead atoms. The van der Waals surface area contributed by atoms with Gasteiger partial charge in [-0.3, -0.25) is 9.69 Å². The fourth-order valence-electron chi connectivity index (χ4n) is 5.26. The molecule has 10 heteroatoms. The summed E-state index contributed by atoms with van der Waals surface area (Å²) < 4.78 is 50.9. The van der Waals surface area contributed by atoms with Gasteiger partial charge in [0.2, 0.25) is 5.91 Å². The van der Waals surface area contributed by atoms with Crippen molar-refractivity contribution in [2.45, 2.75) is 18.6 Å². The molecule has 38 heavy (non-hydrogen) atoms. The van der Waals surface area contributed by atoms with Crippen molar-refractivity contribution in [1.82, 2.24) is 14.8 Å². The van der Waals surface area contributed by atoms with Crippen LogP contribution in [0.25, 0.3) is 10.9 Å². The number of ether oxygens (including phenoxy) is 2. The van der Waals surface area contributed by atoms with Gasteiger partial charge in [0, 0.05) is 49.8 Å². The summed E-state index contributed by atoms with van der Waals surface area (Å²) in [6, 6.07) is 16.2. The highest BCUT2D eigenvalue weighted by Crippen LogP contribution is 2.37. The van der Waals surface area contributed by atoms with Crippen molar-refractivity contribution in [3.05, 3.63) is 65.9 Å². The number of nitrogens with zero attached hydrogens (tertiary/aromatic N) is 4. The second-order valence-electron chi connectivity index (χ2n) is 9.63. The van der Waals surface area contributed by atoms with E-state index in [0.29, 0.717) is 63.6 Å². The quantitative estimate of drug-likeness (QED) is 0.485. The van der Waals surface area contributed by atoms with Crippen LogP contribution in [0.15, 0.2) is 54.6 Å². The molecule has 1 unspecified atom stereocenters. The Morgan fingerprint density at radius 3 is 2.50 bits per heavy atom. The first-order valence-electron chi connectivity index (χ1n) is 12.8. The van der Waals surface area contributed by atoms with Crippen LogP contribution in [-0.2, 0) is 22.1 Å². The molecule has 7 nitrogen and oxygen atoms in total. The summed E-state index contributed by atoms with van der Waals surface area (Å²) in [5.41, 5.74) is 1.21. The van der Waals surface area contributed by atoms with Crippen molar-refractivity contribution in [2.75, 3.05) is 64.5 Å². The van der Waals surface area contributed by atoms with Crippen LogP contribution in [0.5, 0.6) is 5.75 Å². The Morgan fingerprint density at radius 2 is 1.79 bits per heavy atom. The van der Waals surface area contributed by atoms with Crippen LogP contribution >= 0.6 is 0 Å². The van der Waals surface area contributed by atoms with Crippen molar-refractivity contribution in [3.8, 4) is 5.75 Å². The molecule has 0 spiro atoms. The lowest BCUT2D eigenvalue weighted by molar-refractivity contribution is -0.141. The number of aromatic nitrogens is 1. The van der Waals surface area contributed by atoms with Crippen LogP contribution in [0, 0.1) is 0 Å². The first-order valence-corrected chi connectivity index (χ1v) is 12.8. The Balaban J connectivity index is 1.43. The van der Waals surface area contributed by atoms with E-state index in [1.165, 1.54) is 18.7 Å². The number of hydrogen-bond acceptors (Lipinski definition) is 6. The third-order valence-electron chi connectivity index (χ3n) is 7.27. The molecule has 0 saturated carbocycles. The van der Waals surface area contributed by atoms with Crippen molar-refractivity contribution in [1.29, 1.82) is 0 Å². The third kappa shape index (κ3) is 5.71. The van der Waals surface area contributed by atoms with E-state index in [2.05, 4.69) is 26.9 Å². The maximum absolute atomic E-state index is 13.4. The van der Waals surface area contributed by atoms with Gasteiger partial charge in [0.1, 0.15) is 17.0 Å². The summed E-state index contributed by atoms with van der Waals surface area (Å²) in [5, 5.41) is 0.605. The monoisotopic (exact) mass is 528 g/mol. The Kier molecular flexibility index (Phi) is 7.71. The number of fused-ring (bicyclic) bond motifs is 1. The summed E-state index contributed by atoms with van der Waals surface area (Å²) in [7, 11) is 1.43. The summed E-state index contributed by atoms with van der Waals surface area (Å²) in [6.07, 6.45) is -3.80. The van der Waals surface area contributed by atoms with Crippen molar-refractivity contribution < 1.29 is 27.4 Å². The van der Waals surface area contributed by atoms with Crippen molar-refractivity contribution >= 4 is 22.5 Å². The lowest BCUT2D eigenvalue weighted by atomic mass is 10.0. The average molecular weight is 529 g/mol. The highest BCUT2D eigenvalue weighted by molar-refractivity contribution is 5.96. The number of benzene rings is 2. The predicted octanol–water partition coefficient (Wildman–Crippen LogP) is 3.85. The van der Waals surface area contributed by atoms with Gasteiger partial charge < -0.3 is 19.3 Å². The minimum atomic E-state index is -4.55. The topological polar surface area (TPSA) is 58.1 Å². The SMILES string of the molecule is COc1ccc(N2CCN(CC(=O)N3CCOCC3)C(Cc3ccccc3)C2)c2ccc(C(F)(F)F)nc12. The number of carbonyl (C=O) groups excluding carboxylic acids is 1. The molecule has 3 aromatic rings. The zero-order valence-electron chi connectivity index (χ0n) is 21.3. The molecule has 1 aromatic heterocycles. The van der Waals surface area contributed by atoms with Gasteiger partial charge in [0.05, 0.1) is 26.9 Å². The molecular formula is C28H31F3N4O3. The lowest BCUT2D eigenvalue weighted by Crippen LogP contribution is -2.57. The number of hydrogen-bond donors (Lipinski definition) is 0. The van der Waals surface area contributed by atoms with E-state index in [1.807, 2.05) is 29.2 Å². The van der Waals surface area contributed by atoms with Gasteiger partial charge in [0.25, 0.3) is 0 Å². The van der Waals surface area contributed by atoms with Gasteiger partial charge in [-0.25, -0.2) is 4.98 Å². The zero-order valence-corrected chi connectivity index (χ0v) is 21.3. The number of carbonyl (C=O) groups is 1. The molecule has 0 aliphatic carbocycles. The van der Waals surface area contributed by atoms with E-state index in [4.69, 9.17) is 9.47 Å². The van der Waals surface area contributed by atoms with Crippen LogP contribution in [-0.4, -0.2) is 86.3 Å². The second kappa shape index (κ2) is 11.2. The van der Waals surface area contributed by atoms with E-state index in [-0.39, 0.29) is 17.5 Å². The molecule has 0 N–H and O–H groups in total. The molecule has 3 heterocycles. The van der Waals surface area contributed by atoms with Gasteiger partial charge in [0.15, 0.2) is 0 Å². The maximum Gasteiger partial charge on any atom is 0.433 e. The molecule has 1 atom stereocenters. The fourth-order valence-corrected chi connectivity index (χ4v) is 5.26. The van der Waals surface area contributed by atoms with Crippen LogP contribution in [0.4, 0.5) is 18.9 Å². The fraction of sp³-hybridized carbons (Fsp3) is 0.429. The number of pyridine rings is 1. The number of halogens is 3. The van der Waals surface area contributed by atoms with E-state index in [9.17, 15) is 18.0 Å². The number of rotatable bonds is 6. The largest absolute Gasteiger partial charge is 0.494 e. The highest BCUT2D eigenvalue weighted by atomic mass is 19.4. The van der Waals surface area contributed by atoms with E-state index in [0.717, 1.165) is 18.2 Å². The minimum absolute atomic E-state index is 0.0377. The number of piperazine rings is 1. The molecule has 0 radical (unpaired) electrons. The van der Waals surface area contributed by atoms with Crippen LogP contribution in [0.1, 0.15) is 11.3 Å². The normalized spacial score (nSPS) is 19.1. The van der Waals surface area contributed by atoms with Crippen molar-refractivity contribution in [3.63, 3.8) is 0 Å².